The molecule has 1 saturated carbocycles. The number of nitrogens with one attached hydrogen (secondary N) is 1. The molecule has 0 aromatic heterocycles. The number of benzene rings is 1. The lowest BCUT2D eigenvalue weighted by atomic mass is 9.75. The Hall–Kier alpha value is -2.05. The Kier molecular flexibility index (Phi) is 6.78. The number of amides is 1. The van der Waals surface area contributed by atoms with Crippen molar-refractivity contribution in [2.45, 2.75) is 77.7 Å². The minimum atomic E-state index is -4.55. The fraction of sp³-hybridized carbons (Fsp3) is 0.609. The molecular weight excluding hydrogens is 398 g/mol. The highest BCUT2D eigenvalue weighted by Crippen LogP contribution is 2.44. The highest BCUT2D eigenvalue weighted by molar-refractivity contribution is 5.92. The third-order valence-electron chi connectivity index (χ3n) is 6.65. The molecule has 0 radical (unpaired) electrons. The van der Waals surface area contributed by atoms with Crippen molar-refractivity contribution in [1.82, 2.24) is 5.32 Å². The van der Waals surface area contributed by atoms with E-state index in [0.29, 0.717) is 17.2 Å². The SMILES string of the molecule is CCC1CCCC2(CCC(C)=C(c3ccc(OC(F)(F)C(F)F)cc3)NC2=O)CC1. The molecule has 1 aromatic carbocycles. The topological polar surface area (TPSA) is 38.3 Å². The standard InChI is InChI=1S/C23H29F4NO2/c1-3-16-5-4-12-22(14-11-16)13-10-15(2)19(28-21(22)29)17-6-8-18(9-7-17)30-23(26,27)20(24)25/h6-9,16,20H,3-5,10-14H2,1-2H3,(H,28,29). The first-order valence-corrected chi connectivity index (χ1v) is 10.6. The van der Waals surface area contributed by atoms with Gasteiger partial charge < -0.3 is 10.1 Å². The Labute approximate surface area is 174 Å². The van der Waals surface area contributed by atoms with Crippen LogP contribution in [0.25, 0.3) is 5.70 Å². The fourth-order valence-corrected chi connectivity index (χ4v) is 4.59. The molecule has 2 unspecified atom stereocenters. The summed E-state index contributed by atoms with van der Waals surface area (Å²) in [6.45, 7) is 4.15. The highest BCUT2D eigenvalue weighted by atomic mass is 19.3. The first-order valence-electron chi connectivity index (χ1n) is 10.6. The Bertz CT molecular complexity index is 791. The Balaban J connectivity index is 1.76. The zero-order valence-corrected chi connectivity index (χ0v) is 17.4. The molecule has 1 spiro atoms. The van der Waals surface area contributed by atoms with Gasteiger partial charge in [-0.05, 0) is 80.3 Å². The van der Waals surface area contributed by atoms with E-state index in [1.165, 1.54) is 24.3 Å². The lowest BCUT2D eigenvalue weighted by Crippen LogP contribution is -2.38. The molecule has 1 fully saturated rings. The number of allylic oxidation sites excluding steroid dienone is 1. The van der Waals surface area contributed by atoms with Gasteiger partial charge in [-0.25, -0.2) is 0 Å². The van der Waals surface area contributed by atoms with Crippen LogP contribution in [0.3, 0.4) is 0 Å². The summed E-state index contributed by atoms with van der Waals surface area (Å²) in [5, 5.41) is 3.08. The molecule has 1 aliphatic heterocycles. The molecule has 1 aromatic rings. The number of rotatable bonds is 5. The molecule has 1 amide bonds. The third kappa shape index (κ3) is 4.81. The van der Waals surface area contributed by atoms with Crippen LogP contribution in [0.15, 0.2) is 29.8 Å². The van der Waals surface area contributed by atoms with Crippen molar-refractivity contribution in [2.75, 3.05) is 0 Å². The van der Waals surface area contributed by atoms with Crippen LogP contribution in [-0.4, -0.2) is 18.4 Å². The second-order valence-corrected chi connectivity index (χ2v) is 8.58. The van der Waals surface area contributed by atoms with Gasteiger partial charge in [0.25, 0.3) is 0 Å². The van der Waals surface area contributed by atoms with Crippen LogP contribution in [0.2, 0.25) is 0 Å². The number of carbonyl (C=O) groups excluding carboxylic acids is 1. The van der Waals surface area contributed by atoms with E-state index in [1.807, 2.05) is 6.92 Å². The van der Waals surface area contributed by atoms with Gasteiger partial charge >= 0.3 is 12.5 Å². The van der Waals surface area contributed by atoms with Crippen molar-refractivity contribution in [3.05, 3.63) is 35.4 Å². The van der Waals surface area contributed by atoms with Crippen molar-refractivity contribution in [3.8, 4) is 5.75 Å². The van der Waals surface area contributed by atoms with Gasteiger partial charge in [0.15, 0.2) is 0 Å². The summed E-state index contributed by atoms with van der Waals surface area (Å²) in [6.07, 6.45) is -0.721. The predicted octanol–water partition coefficient (Wildman–Crippen LogP) is 6.54. The summed E-state index contributed by atoms with van der Waals surface area (Å²) < 4.78 is 55.0. The van der Waals surface area contributed by atoms with Crippen molar-refractivity contribution >= 4 is 11.6 Å². The summed E-state index contributed by atoms with van der Waals surface area (Å²) in [5.41, 5.74) is 1.96. The first kappa shape index (κ1) is 22.6. The smallest absolute Gasteiger partial charge is 0.428 e. The van der Waals surface area contributed by atoms with Crippen LogP contribution in [0.5, 0.6) is 5.75 Å². The fourth-order valence-electron chi connectivity index (χ4n) is 4.59. The highest BCUT2D eigenvalue weighted by Gasteiger charge is 2.44. The molecule has 1 N–H and O–H groups in total. The van der Waals surface area contributed by atoms with E-state index < -0.39 is 12.5 Å². The van der Waals surface area contributed by atoms with Crippen molar-refractivity contribution in [1.29, 1.82) is 0 Å². The van der Waals surface area contributed by atoms with Crippen molar-refractivity contribution in [2.24, 2.45) is 11.3 Å². The summed E-state index contributed by atoms with van der Waals surface area (Å²) in [6, 6.07) is 5.45. The van der Waals surface area contributed by atoms with E-state index in [9.17, 15) is 22.4 Å². The first-order chi connectivity index (χ1) is 14.2. The summed E-state index contributed by atoms with van der Waals surface area (Å²) in [4.78, 5) is 13.2. The van der Waals surface area contributed by atoms with E-state index in [2.05, 4.69) is 17.0 Å². The molecule has 3 rings (SSSR count). The van der Waals surface area contributed by atoms with Gasteiger partial charge in [-0.1, -0.05) is 26.2 Å². The monoisotopic (exact) mass is 427 g/mol. The number of alkyl halides is 4. The average molecular weight is 427 g/mol. The van der Waals surface area contributed by atoms with Gasteiger partial charge in [-0.3, -0.25) is 4.79 Å². The quantitative estimate of drug-likeness (QED) is 0.542. The summed E-state index contributed by atoms with van der Waals surface area (Å²) in [5.74, 6) is 0.344. The second kappa shape index (κ2) is 8.98. The van der Waals surface area contributed by atoms with Crippen LogP contribution in [0, 0.1) is 11.3 Å². The largest absolute Gasteiger partial charge is 0.461 e. The normalized spacial score (nSPS) is 25.8. The van der Waals surface area contributed by atoms with E-state index >= 15 is 0 Å². The zero-order valence-electron chi connectivity index (χ0n) is 17.4. The van der Waals surface area contributed by atoms with E-state index in [1.54, 1.807) is 0 Å². The molecular formula is C23H29F4NO2. The number of hydrogen-bond acceptors (Lipinski definition) is 2. The molecule has 2 aliphatic rings. The van der Waals surface area contributed by atoms with E-state index in [4.69, 9.17) is 0 Å². The molecule has 7 heteroatoms. The lowest BCUT2D eigenvalue weighted by molar-refractivity contribution is -0.253. The number of ether oxygens (including phenoxy) is 1. The third-order valence-corrected chi connectivity index (χ3v) is 6.65. The molecule has 0 bridgehead atoms. The Morgan fingerprint density at radius 2 is 1.87 bits per heavy atom. The van der Waals surface area contributed by atoms with Gasteiger partial charge in [0.05, 0.1) is 0 Å². The predicted molar refractivity (Wildman–Crippen MR) is 107 cm³/mol. The van der Waals surface area contributed by atoms with Gasteiger partial charge in [0.1, 0.15) is 5.75 Å². The maximum Gasteiger partial charge on any atom is 0.461 e. The van der Waals surface area contributed by atoms with Crippen molar-refractivity contribution in [3.63, 3.8) is 0 Å². The van der Waals surface area contributed by atoms with Gasteiger partial charge in [0, 0.05) is 11.1 Å². The van der Waals surface area contributed by atoms with Gasteiger partial charge in [-0.15, -0.1) is 0 Å². The summed E-state index contributed by atoms with van der Waals surface area (Å²) >= 11 is 0. The minimum absolute atomic E-state index is 0.0238. The Morgan fingerprint density at radius 3 is 2.50 bits per heavy atom. The number of carbonyl (C=O) groups is 1. The molecule has 1 heterocycles. The van der Waals surface area contributed by atoms with Crippen LogP contribution in [-0.2, 0) is 4.79 Å². The maximum absolute atomic E-state index is 13.2. The second-order valence-electron chi connectivity index (χ2n) is 8.58. The number of hydrogen-bond donors (Lipinski definition) is 1. The number of halogens is 4. The van der Waals surface area contributed by atoms with Crippen LogP contribution < -0.4 is 10.1 Å². The zero-order chi connectivity index (χ0) is 21.9. The molecule has 166 valence electrons. The van der Waals surface area contributed by atoms with Crippen LogP contribution in [0.1, 0.15) is 70.8 Å². The van der Waals surface area contributed by atoms with Crippen LogP contribution >= 0.6 is 0 Å². The van der Waals surface area contributed by atoms with Gasteiger partial charge in [0.2, 0.25) is 5.91 Å². The molecule has 1 aliphatic carbocycles. The van der Waals surface area contributed by atoms with Gasteiger partial charge in [-0.2, -0.15) is 17.6 Å². The van der Waals surface area contributed by atoms with E-state index in [0.717, 1.165) is 56.9 Å². The molecule has 2 atom stereocenters. The minimum Gasteiger partial charge on any atom is -0.428 e. The molecule has 3 nitrogen and oxygen atoms in total. The summed E-state index contributed by atoms with van der Waals surface area (Å²) in [7, 11) is 0. The lowest BCUT2D eigenvalue weighted by Gasteiger charge is -2.30. The van der Waals surface area contributed by atoms with E-state index in [-0.39, 0.29) is 17.1 Å². The van der Waals surface area contributed by atoms with Crippen LogP contribution in [0.4, 0.5) is 17.6 Å². The average Bonchev–Trinajstić information content (AvgIpc) is 2.99. The van der Waals surface area contributed by atoms with Crippen molar-refractivity contribution < 1.29 is 27.1 Å². The molecule has 0 saturated heterocycles. The maximum atomic E-state index is 13.2. The Morgan fingerprint density at radius 1 is 1.17 bits per heavy atom. The molecule has 30 heavy (non-hydrogen) atoms.